The molecule has 0 radical (unpaired) electrons. The van der Waals surface area contributed by atoms with Gasteiger partial charge in [-0.2, -0.15) is 0 Å². The van der Waals surface area contributed by atoms with Gasteiger partial charge < -0.3 is 19.7 Å². The van der Waals surface area contributed by atoms with Gasteiger partial charge in [-0.3, -0.25) is 9.59 Å². The predicted octanol–water partition coefficient (Wildman–Crippen LogP) is 5.65. The molecule has 0 bridgehead atoms. The second-order valence-corrected chi connectivity index (χ2v) is 9.90. The van der Waals surface area contributed by atoms with Gasteiger partial charge in [0, 0.05) is 24.0 Å². The van der Waals surface area contributed by atoms with Crippen molar-refractivity contribution in [3.05, 3.63) is 93.4 Å². The summed E-state index contributed by atoms with van der Waals surface area (Å²) >= 11 is 9.44. The topological polar surface area (TPSA) is 67.9 Å². The molecule has 0 aliphatic carbocycles. The van der Waals surface area contributed by atoms with Crippen molar-refractivity contribution >= 4 is 39.3 Å². The molecule has 0 heterocycles. The van der Waals surface area contributed by atoms with E-state index in [2.05, 4.69) is 21.2 Å². The maximum atomic E-state index is 13.6. The number of carbonyl (C=O) groups excluding carboxylic acids is 2. The number of nitrogens with zero attached hydrogens (tertiary/aromatic N) is 1. The summed E-state index contributed by atoms with van der Waals surface area (Å²) in [5.41, 5.74) is 1.79. The zero-order valence-electron chi connectivity index (χ0n) is 20.5. The van der Waals surface area contributed by atoms with Gasteiger partial charge in [-0.25, -0.2) is 0 Å². The van der Waals surface area contributed by atoms with E-state index < -0.39 is 6.04 Å². The Balaban J connectivity index is 1.93. The molecule has 0 aliphatic heterocycles. The Morgan fingerprint density at radius 1 is 1.00 bits per heavy atom. The second-order valence-electron chi connectivity index (χ2n) is 8.61. The molecule has 0 saturated carbocycles. The van der Waals surface area contributed by atoms with Crippen molar-refractivity contribution in [1.82, 2.24) is 10.2 Å². The summed E-state index contributed by atoms with van der Waals surface area (Å²) in [6, 6.07) is 21.4. The Kier molecular flexibility index (Phi) is 10.2. The zero-order chi connectivity index (χ0) is 26.1. The van der Waals surface area contributed by atoms with Crippen LogP contribution in [0.5, 0.6) is 11.5 Å². The molecule has 3 aromatic carbocycles. The van der Waals surface area contributed by atoms with Crippen LogP contribution in [0.3, 0.4) is 0 Å². The van der Waals surface area contributed by atoms with Gasteiger partial charge in [0.1, 0.15) is 17.5 Å². The molecule has 3 aromatic rings. The van der Waals surface area contributed by atoms with Crippen LogP contribution in [0, 0.1) is 0 Å². The molecule has 0 spiro atoms. The summed E-state index contributed by atoms with van der Waals surface area (Å²) in [5, 5.41) is 3.52. The van der Waals surface area contributed by atoms with E-state index in [9.17, 15) is 9.59 Å². The number of carbonyl (C=O) groups is 2. The highest BCUT2D eigenvalue weighted by atomic mass is 79.9. The summed E-state index contributed by atoms with van der Waals surface area (Å²) in [7, 11) is 1.59. The highest BCUT2D eigenvalue weighted by molar-refractivity contribution is 9.10. The van der Waals surface area contributed by atoms with Crippen LogP contribution in [-0.4, -0.2) is 42.5 Å². The lowest BCUT2D eigenvalue weighted by atomic mass is 10.0. The van der Waals surface area contributed by atoms with Gasteiger partial charge in [-0.1, -0.05) is 54.1 Å². The number of ether oxygens (including phenoxy) is 2. The average Bonchev–Trinajstić information content (AvgIpc) is 2.85. The number of halogens is 2. The molecule has 36 heavy (non-hydrogen) atoms. The largest absolute Gasteiger partial charge is 0.497 e. The van der Waals surface area contributed by atoms with Crippen molar-refractivity contribution in [1.29, 1.82) is 0 Å². The van der Waals surface area contributed by atoms with Gasteiger partial charge in [0.2, 0.25) is 5.91 Å². The number of amides is 2. The summed E-state index contributed by atoms with van der Waals surface area (Å²) in [6.07, 6.45) is 0.361. The van der Waals surface area contributed by atoms with E-state index in [-0.39, 0.29) is 31.0 Å². The zero-order valence-corrected chi connectivity index (χ0v) is 22.9. The van der Waals surface area contributed by atoms with Crippen LogP contribution in [-0.2, 0) is 22.6 Å². The van der Waals surface area contributed by atoms with E-state index in [1.165, 1.54) is 0 Å². The minimum absolute atomic E-state index is 0.0779. The minimum Gasteiger partial charge on any atom is -0.497 e. The molecule has 6 nitrogen and oxygen atoms in total. The number of benzene rings is 3. The van der Waals surface area contributed by atoms with Crippen molar-refractivity contribution in [2.45, 2.75) is 38.9 Å². The summed E-state index contributed by atoms with van der Waals surface area (Å²) < 4.78 is 11.8. The van der Waals surface area contributed by atoms with Crippen molar-refractivity contribution in [3.63, 3.8) is 0 Å². The Morgan fingerprint density at radius 3 is 2.39 bits per heavy atom. The summed E-state index contributed by atoms with van der Waals surface area (Å²) in [5.74, 6) is 0.616. The fraction of sp³-hybridized carbons (Fsp3) is 0.286. The van der Waals surface area contributed by atoms with Crippen LogP contribution in [0.25, 0.3) is 0 Å². The van der Waals surface area contributed by atoms with Gasteiger partial charge in [0.05, 0.1) is 11.6 Å². The van der Waals surface area contributed by atoms with Gasteiger partial charge in [-0.15, -0.1) is 0 Å². The van der Waals surface area contributed by atoms with Crippen molar-refractivity contribution in [2.24, 2.45) is 0 Å². The number of hydrogen-bond acceptors (Lipinski definition) is 4. The third-order valence-corrected chi connectivity index (χ3v) is 6.29. The molecular weight excluding hydrogens is 544 g/mol. The molecule has 0 aliphatic rings. The van der Waals surface area contributed by atoms with E-state index in [0.29, 0.717) is 27.4 Å². The molecule has 0 aromatic heterocycles. The molecule has 0 fully saturated rings. The molecule has 190 valence electrons. The number of rotatable bonds is 11. The molecule has 1 N–H and O–H groups in total. The lowest BCUT2D eigenvalue weighted by molar-refractivity contribution is -0.143. The number of methoxy groups -OCH3 is 1. The Hall–Kier alpha value is -3.03. The standard InChI is InChI=1S/C28H30BrClN2O4/c1-19(2)31-28(34)25(15-20-8-5-4-6-9-20)32(17-21-10-7-11-23(14-21)35-3)27(33)18-36-26-13-12-22(30)16-24(26)29/h4-14,16,19,25H,15,17-18H2,1-3H3,(H,31,34). The van der Waals surface area contributed by atoms with Crippen LogP contribution in [0.2, 0.25) is 5.02 Å². The molecule has 8 heteroatoms. The Morgan fingerprint density at radius 2 is 1.72 bits per heavy atom. The Labute approximate surface area is 225 Å². The fourth-order valence-corrected chi connectivity index (χ4v) is 4.51. The summed E-state index contributed by atoms with van der Waals surface area (Å²) in [6.45, 7) is 3.76. The van der Waals surface area contributed by atoms with Gasteiger partial charge in [0.15, 0.2) is 6.61 Å². The molecule has 1 atom stereocenters. The monoisotopic (exact) mass is 572 g/mol. The van der Waals surface area contributed by atoms with Crippen LogP contribution in [0.1, 0.15) is 25.0 Å². The van der Waals surface area contributed by atoms with Crippen LogP contribution >= 0.6 is 27.5 Å². The van der Waals surface area contributed by atoms with E-state index in [0.717, 1.165) is 11.1 Å². The summed E-state index contributed by atoms with van der Waals surface area (Å²) in [4.78, 5) is 28.6. The van der Waals surface area contributed by atoms with Crippen LogP contribution in [0.4, 0.5) is 0 Å². The van der Waals surface area contributed by atoms with E-state index in [1.807, 2.05) is 68.4 Å². The van der Waals surface area contributed by atoms with Crippen LogP contribution in [0.15, 0.2) is 77.3 Å². The lowest BCUT2D eigenvalue weighted by Crippen LogP contribution is -2.52. The molecule has 2 amide bonds. The van der Waals surface area contributed by atoms with Crippen LogP contribution < -0.4 is 14.8 Å². The molecule has 1 unspecified atom stereocenters. The highest BCUT2D eigenvalue weighted by Gasteiger charge is 2.31. The van der Waals surface area contributed by atoms with E-state index >= 15 is 0 Å². The smallest absolute Gasteiger partial charge is 0.261 e. The average molecular weight is 574 g/mol. The normalized spacial score (nSPS) is 11.6. The van der Waals surface area contributed by atoms with Gasteiger partial charge >= 0.3 is 0 Å². The van der Waals surface area contributed by atoms with E-state index in [1.54, 1.807) is 30.2 Å². The first-order valence-corrected chi connectivity index (χ1v) is 12.8. The molecule has 3 rings (SSSR count). The number of hydrogen-bond donors (Lipinski definition) is 1. The first kappa shape index (κ1) is 27.6. The highest BCUT2D eigenvalue weighted by Crippen LogP contribution is 2.28. The lowest BCUT2D eigenvalue weighted by Gasteiger charge is -2.32. The van der Waals surface area contributed by atoms with Crippen molar-refractivity contribution in [2.75, 3.05) is 13.7 Å². The van der Waals surface area contributed by atoms with Crippen molar-refractivity contribution < 1.29 is 19.1 Å². The predicted molar refractivity (Wildman–Crippen MR) is 145 cm³/mol. The van der Waals surface area contributed by atoms with Crippen molar-refractivity contribution in [3.8, 4) is 11.5 Å². The second kappa shape index (κ2) is 13.3. The minimum atomic E-state index is -0.745. The maximum Gasteiger partial charge on any atom is 0.261 e. The van der Waals surface area contributed by atoms with Gasteiger partial charge in [0.25, 0.3) is 5.91 Å². The fourth-order valence-electron chi connectivity index (χ4n) is 3.72. The SMILES string of the molecule is COc1cccc(CN(C(=O)COc2ccc(Cl)cc2Br)C(Cc2ccccc2)C(=O)NC(C)C)c1. The third kappa shape index (κ3) is 8.00. The first-order chi connectivity index (χ1) is 17.3. The van der Waals surface area contributed by atoms with Gasteiger partial charge in [-0.05, 0) is 71.2 Å². The maximum absolute atomic E-state index is 13.6. The molecule has 0 saturated heterocycles. The quantitative estimate of drug-likeness (QED) is 0.322. The Bertz CT molecular complexity index is 1170. The number of nitrogens with one attached hydrogen (secondary N) is 1. The van der Waals surface area contributed by atoms with E-state index in [4.69, 9.17) is 21.1 Å². The first-order valence-electron chi connectivity index (χ1n) is 11.6. The third-order valence-electron chi connectivity index (χ3n) is 5.43. The molecular formula is C28H30BrClN2O4.